The van der Waals surface area contributed by atoms with E-state index in [1.165, 1.54) is 11.0 Å². The first-order chi connectivity index (χ1) is 18.4. The van der Waals surface area contributed by atoms with Crippen LogP contribution in [-0.4, -0.2) is 75.6 Å². The van der Waals surface area contributed by atoms with E-state index in [4.69, 9.17) is 5.73 Å². The van der Waals surface area contributed by atoms with Gasteiger partial charge in [0.25, 0.3) is 0 Å². The van der Waals surface area contributed by atoms with Crippen LogP contribution in [0.2, 0.25) is 0 Å². The Morgan fingerprint density at radius 2 is 1.77 bits per heavy atom. The summed E-state index contributed by atoms with van der Waals surface area (Å²) in [6, 6.07) is 9.78. The van der Waals surface area contributed by atoms with E-state index in [1.54, 1.807) is 31.9 Å². The molecule has 0 radical (unpaired) electrons. The van der Waals surface area contributed by atoms with Crippen LogP contribution in [0.5, 0.6) is 5.75 Å². The summed E-state index contributed by atoms with van der Waals surface area (Å²) < 4.78 is 0. The summed E-state index contributed by atoms with van der Waals surface area (Å²) in [4.78, 5) is 69.0. The number of carbonyl (C=O) groups excluding carboxylic acids is 5. The molecule has 5 rings (SSSR count). The van der Waals surface area contributed by atoms with Crippen molar-refractivity contribution in [2.24, 2.45) is 29.4 Å². The fourth-order valence-corrected chi connectivity index (χ4v) is 7.65. The highest BCUT2D eigenvalue weighted by Crippen LogP contribution is 2.52. The minimum Gasteiger partial charge on any atom is -0.507 e. The number of carbonyl (C=O) groups is 5. The molecule has 204 valence electrons. The molecule has 2 aromatic rings. The van der Waals surface area contributed by atoms with E-state index in [1.807, 2.05) is 31.2 Å². The second-order valence-corrected chi connectivity index (χ2v) is 12.0. The molecule has 0 heterocycles. The number of amides is 1. The highest BCUT2D eigenvalue weighted by molar-refractivity contribution is 7.99. The maximum atomic E-state index is 13.9. The molecule has 9 nitrogen and oxygen atoms in total. The van der Waals surface area contributed by atoms with E-state index in [9.17, 15) is 34.2 Å². The number of nitrogens with two attached hydrogens (primary N) is 1. The van der Waals surface area contributed by atoms with Crippen LogP contribution in [0.4, 0.5) is 0 Å². The number of likely N-dealkylation sites (N-methyl/N-ethyl adjacent to an activating group) is 1. The Morgan fingerprint density at radius 3 is 2.41 bits per heavy atom. The van der Waals surface area contributed by atoms with Gasteiger partial charge in [-0.05, 0) is 67.4 Å². The number of primary amides is 1. The SMILES string of the molecule is CCSc1ccccc1-c1ccc(O)c2c1C[C@H]1C[C@H]3[C@H](N(C)C)C(=O)C(C(N)=O)C(=O)[C@@]3(O)C(=O)C1C2=O. The van der Waals surface area contributed by atoms with Gasteiger partial charge in [-0.25, -0.2) is 0 Å². The first-order valence-electron chi connectivity index (χ1n) is 12.9. The number of fused-ring (bicyclic) bond motifs is 3. The van der Waals surface area contributed by atoms with E-state index in [-0.39, 0.29) is 24.2 Å². The number of aromatic hydroxyl groups is 1. The largest absolute Gasteiger partial charge is 0.507 e. The fourth-order valence-electron chi connectivity index (χ4n) is 6.83. The Hall–Kier alpha value is -3.34. The number of nitrogens with zero attached hydrogens (tertiary/aromatic N) is 1. The third-order valence-electron chi connectivity index (χ3n) is 8.42. The van der Waals surface area contributed by atoms with Crippen LogP contribution in [0, 0.1) is 23.7 Å². The summed E-state index contributed by atoms with van der Waals surface area (Å²) >= 11 is 1.64. The van der Waals surface area contributed by atoms with E-state index >= 15 is 0 Å². The predicted molar refractivity (Wildman–Crippen MR) is 143 cm³/mol. The molecule has 39 heavy (non-hydrogen) atoms. The Morgan fingerprint density at radius 1 is 1.08 bits per heavy atom. The average Bonchev–Trinajstić information content (AvgIpc) is 2.87. The number of phenolic OH excluding ortho intramolecular Hbond substituents is 1. The summed E-state index contributed by atoms with van der Waals surface area (Å²) in [5.41, 5.74) is 4.87. The van der Waals surface area contributed by atoms with Gasteiger partial charge in [0, 0.05) is 10.8 Å². The van der Waals surface area contributed by atoms with Gasteiger partial charge in [-0.15, -0.1) is 11.8 Å². The number of phenols is 1. The lowest BCUT2D eigenvalue weighted by molar-refractivity contribution is -0.181. The van der Waals surface area contributed by atoms with Crippen LogP contribution in [-0.2, 0) is 25.6 Å². The molecule has 3 aliphatic rings. The number of hydrogen-bond donors (Lipinski definition) is 3. The highest BCUT2D eigenvalue weighted by atomic mass is 32.2. The van der Waals surface area contributed by atoms with E-state index in [0.29, 0.717) is 5.56 Å². The Balaban J connectivity index is 1.66. The van der Waals surface area contributed by atoms with Gasteiger partial charge in [-0.3, -0.25) is 28.9 Å². The number of Topliss-reactive ketones (excluding diaryl/α,β-unsaturated/α-hetero) is 4. The van der Waals surface area contributed by atoms with E-state index in [0.717, 1.165) is 21.8 Å². The van der Waals surface area contributed by atoms with Gasteiger partial charge in [-0.1, -0.05) is 31.2 Å². The van der Waals surface area contributed by atoms with Crippen molar-refractivity contribution in [1.82, 2.24) is 4.90 Å². The van der Waals surface area contributed by atoms with Crippen molar-refractivity contribution in [1.29, 1.82) is 0 Å². The highest BCUT2D eigenvalue weighted by Gasteiger charge is 2.69. The maximum absolute atomic E-state index is 13.9. The van der Waals surface area contributed by atoms with Gasteiger partial charge < -0.3 is 15.9 Å². The number of rotatable bonds is 5. The first kappa shape index (κ1) is 27.2. The first-order valence-corrected chi connectivity index (χ1v) is 13.8. The van der Waals surface area contributed by atoms with Crippen LogP contribution in [0.15, 0.2) is 41.3 Å². The minimum atomic E-state index is -2.73. The molecule has 2 unspecified atom stereocenters. The average molecular weight is 551 g/mol. The van der Waals surface area contributed by atoms with E-state index in [2.05, 4.69) is 0 Å². The van der Waals surface area contributed by atoms with Crippen molar-refractivity contribution in [2.75, 3.05) is 19.8 Å². The predicted octanol–water partition coefficient (Wildman–Crippen LogP) is 1.65. The molecular weight excluding hydrogens is 520 g/mol. The molecule has 0 aromatic heterocycles. The van der Waals surface area contributed by atoms with Gasteiger partial charge >= 0.3 is 0 Å². The molecule has 3 aliphatic carbocycles. The molecule has 4 N–H and O–H groups in total. The Labute approximate surface area is 229 Å². The molecule has 1 amide bonds. The second kappa shape index (κ2) is 9.69. The van der Waals surface area contributed by atoms with Crippen LogP contribution < -0.4 is 5.73 Å². The molecule has 0 saturated heterocycles. The number of aliphatic hydroxyl groups is 1. The number of benzene rings is 2. The Kier molecular flexibility index (Phi) is 6.77. The van der Waals surface area contributed by atoms with Crippen molar-refractivity contribution in [2.45, 2.75) is 36.3 Å². The van der Waals surface area contributed by atoms with Gasteiger partial charge in [0.05, 0.1) is 17.5 Å². The summed E-state index contributed by atoms with van der Waals surface area (Å²) in [6.07, 6.45) is 0.241. The maximum Gasteiger partial charge on any atom is 0.235 e. The van der Waals surface area contributed by atoms with Crippen LogP contribution >= 0.6 is 11.8 Å². The molecule has 0 spiro atoms. The van der Waals surface area contributed by atoms with Crippen molar-refractivity contribution in [3.05, 3.63) is 47.5 Å². The minimum absolute atomic E-state index is 0.00426. The van der Waals surface area contributed by atoms with Crippen molar-refractivity contribution in [3.63, 3.8) is 0 Å². The van der Waals surface area contributed by atoms with Crippen LogP contribution in [0.25, 0.3) is 11.1 Å². The number of hydrogen-bond acceptors (Lipinski definition) is 9. The summed E-state index contributed by atoms with van der Waals surface area (Å²) in [7, 11) is 3.13. The topological polar surface area (TPSA) is 155 Å². The fraction of sp³-hybridized carbons (Fsp3) is 0.414. The molecular formula is C29H30N2O7S. The molecule has 10 heteroatoms. The lowest BCUT2D eigenvalue weighted by atomic mass is 9.52. The zero-order valence-electron chi connectivity index (χ0n) is 21.8. The quantitative estimate of drug-likeness (QED) is 0.372. The molecule has 2 saturated carbocycles. The van der Waals surface area contributed by atoms with Crippen LogP contribution in [0.1, 0.15) is 29.3 Å². The van der Waals surface area contributed by atoms with E-state index < -0.39 is 64.4 Å². The van der Waals surface area contributed by atoms with Gasteiger partial charge in [0.1, 0.15) is 5.75 Å². The standard InChI is InChI=1S/C29H30N2O7S/c1-4-39-19-8-6-5-7-15(19)14-9-10-18(32)21-16(14)11-13-12-17-23(31(2)3)25(34)22(28(30)37)27(36)29(17,38)26(35)20(13)24(21)33/h5-10,13,17,20,22-23,32,38H,4,11-12H2,1-3H3,(H2,30,37)/t13-,17-,20?,22?,23-,29-/m0/s1. The monoisotopic (exact) mass is 550 g/mol. The Bertz CT molecular complexity index is 1440. The van der Waals surface area contributed by atoms with Crippen molar-refractivity contribution < 1.29 is 34.2 Å². The number of thioether (sulfide) groups is 1. The number of ketones is 4. The van der Waals surface area contributed by atoms with Crippen molar-refractivity contribution >= 4 is 40.8 Å². The normalized spacial score (nSPS) is 30.1. The summed E-state index contributed by atoms with van der Waals surface area (Å²) in [6.45, 7) is 2.04. The molecule has 2 aromatic carbocycles. The zero-order valence-corrected chi connectivity index (χ0v) is 22.7. The van der Waals surface area contributed by atoms with Gasteiger partial charge in [0.2, 0.25) is 5.91 Å². The third kappa shape index (κ3) is 3.88. The molecule has 2 fully saturated rings. The summed E-state index contributed by atoms with van der Waals surface area (Å²) in [5, 5.41) is 22.5. The third-order valence-corrected chi connectivity index (χ3v) is 9.38. The molecule has 0 aliphatic heterocycles. The van der Waals surface area contributed by atoms with Crippen molar-refractivity contribution in [3.8, 4) is 16.9 Å². The smallest absolute Gasteiger partial charge is 0.235 e. The second-order valence-electron chi connectivity index (χ2n) is 10.7. The molecule has 6 atom stereocenters. The zero-order chi connectivity index (χ0) is 28.4. The van der Waals surface area contributed by atoms with Gasteiger partial charge in [-0.2, -0.15) is 0 Å². The van der Waals surface area contributed by atoms with Gasteiger partial charge in [0.15, 0.2) is 34.7 Å². The summed E-state index contributed by atoms with van der Waals surface area (Å²) in [5.74, 6) is -9.63. The molecule has 0 bridgehead atoms. The van der Waals surface area contributed by atoms with Crippen LogP contribution in [0.3, 0.4) is 0 Å². The lowest BCUT2D eigenvalue weighted by Crippen LogP contribution is -2.74. The lowest BCUT2D eigenvalue weighted by Gasteiger charge is -2.52.